The third kappa shape index (κ3) is 1.44. The van der Waals surface area contributed by atoms with Gasteiger partial charge in [-0.05, 0) is 19.1 Å². The Labute approximate surface area is 92.3 Å². The molecule has 1 aromatic rings. The van der Waals surface area contributed by atoms with Crippen molar-refractivity contribution in [2.24, 2.45) is 0 Å². The van der Waals surface area contributed by atoms with E-state index < -0.39 is 0 Å². The van der Waals surface area contributed by atoms with Crippen LogP contribution in [0.25, 0.3) is 0 Å². The Morgan fingerprint density at radius 3 is 2.79 bits per heavy atom. The van der Waals surface area contributed by atoms with Gasteiger partial charge in [0.05, 0.1) is 4.34 Å². The van der Waals surface area contributed by atoms with Gasteiger partial charge < -0.3 is 5.32 Å². The SMILES string of the molecule is CC1NC(=O)CC1(C)c1ccc(Cl)s1. The lowest BCUT2D eigenvalue weighted by Crippen LogP contribution is -2.34. The quantitative estimate of drug-likeness (QED) is 0.788. The lowest BCUT2D eigenvalue weighted by atomic mass is 9.82. The summed E-state index contributed by atoms with van der Waals surface area (Å²) in [5.74, 6) is 0.129. The fraction of sp³-hybridized carbons (Fsp3) is 0.500. The average molecular weight is 230 g/mol. The molecule has 4 heteroatoms. The first-order valence-electron chi connectivity index (χ1n) is 4.57. The highest BCUT2D eigenvalue weighted by atomic mass is 35.5. The molecule has 1 aliphatic heterocycles. The molecule has 2 rings (SSSR count). The van der Waals surface area contributed by atoms with Crippen LogP contribution in [0.15, 0.2) is 12.1 Å². The highest BCUT2D eigenvalue weighted by Gasteiger charge is 2.42. The first-order valence-corrected chi connectivity index (χ1v) is 5.77. The van der Waals surface area contributed by atoms with Crippen LogP contribution < -0.4 is 5.32 Å². The number of amides is 1. The number of nitrogens with one attached hydrogen (secondary N) is 1. The summed E-state index contributed by atoms with van der Waals surface area (Å²) in [7, 11) is 0. The summed E-state index contributed by atoms with van der Waals surface area (Å²) in [6.07, 6.45) is 0.561. The van der Waals surface area contributed by atoms with Gasteiger partial charge in [0, 0.05) is 22.8 Å². The zero-order valence-electron chi connectivity index (χ0n) is 8.13. The molecule has 2 atom stereocenters. The molecular weight excluding hydrogens is 218 g/mol. The van der Waals surface area contributed by atoms with Crippen LogP contribution in [0.5, 0.6) is 0 Å². The van der Waals surface area contributed by atoms with Crippen molar-refractivity contribution in [3.63, 3.8) is 0 Å². The molecule has 14 heavy (non-hydrogen) atoms. The van der Waals surface area contributed by atoms with Gasteiger partial charge in [0.25, 0.3) is 0 Å². The monoisotopic (exact) mass is 229 g/mol. The van der Waals surface area contributed by atoms with Crippen LogP contribution in [-0.4, -0.2) is 11.9 Å². The molecule has 76 valence electrons. The standard InChI is InChI=1S/C10H12ClNOS/c1-6-10(2,5-9(13)12-6)7-3-4-8(11)14-7/h3-4,6H,5H2,1-2H3,(H,12,13). The Hall–Kier alpha value is -0.540. The zero-order valence-corrected chi connectivity index (χ0v) is 9.71. The van der Waals surface area contributed by atoms with Crippen molar-refractivity contribution in [2.45, 2.75) is 31.7 Å². The van der Waals surface area contributed by atoms with E-state index in [1.54, 1.807) is 11.3 Å². The Morgan fingerprint density at radius 1 is 1.64 bits per heavy atom. The maximum atomic E-state index is 11.3. The highest BCUT2D eigenvalue weighted by molar-refractivity contribution is 7.16. The van der Waals surface area contributed by atoms with Gasteiger partial charge in [-0.25, -0.2) is 0 Å². The summed E-state index contributed by atoms with van der Waals surface area (Å²) in [6, 6.07) is 4.09. The Morgan fingerprint density at radius 2 is 2.36 bits per heavy atom. The number of rotatable bonds is 1. The van der Waals surface area contributed by atoms with Crippen molar-refractivity contribution in [3.8, 4) is 0 Å². The van der Waals surface area contributed by atoms with E-state index in [2.05, 4.69) is 12.2 Å². The van der Waals surface area contributed by atoms with Crippen LogP contribution in [0.3, 0.4) is 0 Å². The third-order valence-electron chi connectivity index (χ3n) is 3.00. The van der Waals surface area contributed by atoms with Gasteiger partial charge in [0.2, 0.25) is 5.91 Å². The van der Waals surface area contributed by atoms with Gasteiger partial charge in [-0.15, -0.1) is 11.3 Å². The minimum absolute atomic E-state index is 0.0884. The predicted molar refractivity (Wildman–Crippen MR) is 58.9 cm³/mol. The smallest absolute Gasteiger partial charge is 0.221 e. The average Bonchev–Trinajstić information content (AvgIpc) is 2.59. The summed E-state index contributed by atoms with van der Waals surface area (Å²) in [5.41, 5.74) is -0.0884. The number of carbonyl (C=O) groups is 1. The maximum absolute atomic E-state index is 11.3. The minimum Gasteiger partial charge on any atom is -0.353 e. The molecule has 1 saturated heterocycles. The minimum atomic E-state index is -0.0884. The Kier molecular flexibility index (Phi) is 2.32. The molecule has 0 bridgehead atoms. The van der Waals surface area contributed by atoms with E-state index in [4.69, 9.17) is 11.6 Å². The number of hydrogen-bond acceptors (Lipinski definition) is 2. The molecule has 1 aromatic heterocycles. The largest absolute Gasteiger partial charge is 0.353 e. The third-order valence-corrected chi connectivity index (χ3v) is 4.51. The molecule has 1 fully saturated rings. The van der Waals surface area contributed by atoms with Crippen LogP contribution in [0.4, 0.5) is 0 Å². The summed E-state index contributed by atoms with van der Waals surface area (Å²) in [6.45, 7) is 4.15. The van der Waals surface area contributed by atoms with E-state index in [0.717, 1.165) is 4.34 Å². The number of hydrogen-bond donors (Lipinski definition) is 1. The first kappa shape index (κ1) is 9.99. The molecule has 2 nitrogen and oxygen atoms in total. The van der Waals surface area contributed by atoms with E-state index in [0.29, 0.717) is 6.42 Å². The predicted octanol–water partition coefficient (Wildman–Crippen LogP) is 2.57. The molecule has 2 heterocycles. The molecule has 0 saturated carbocycles. The van der Waals surface area contributed by atoms with Crippen LogP contribution in [0.2, 0.25) is 4.34 Å². The fourth-order valence-corrected chi connectivity index (χ4v) is 3.14. The maximum Gasteiger partial charge on any atom is 0.221 e. The van der Waals surface area contributed by atoms with Crippen LogP contribution in [0.1, 0.15) is 25.1 Å². The van der Waals surface area contributed by atoms with Gasteiger partial charge in [0.15, 0.2) is 0 Å². The van der Waals surface area contributed by atoms with Gasteiger partial charge >= 0.3 is 0 Å². The molecule has 1 N–H and O–H groups in total. The van der Waals surface area contributed by atoms with E-state index in [-0.39, 0.29) is 17.4 Å². The van der Waals surface area contributed by atoms with E-state index >= 15 is 0 Å². The summed E-state index contributed by atoms with van der Waals surface area (Å²) in [5, 5.41) is 2.94. The molecular formula is C10H12ClNOS. The second-order valence-corrected chi connectivity index (χ2v) is 5.70. The number of halogens is 1. The molecule has 0 spiro atoms. The molecule has 1 amide bonds. The van der Waals surface area contributed by atoms with Crippen molar-refractivity contribution in [3.05, 3.63) is 21.3 Å². The van der Waals surface area contributed by atoms with Crippen molar-refractivity contribution in [1.82, 2.24) is 5.32 Å². The van der Waals surface area contributed by atoms with E-state index in [1.165, 1.54) is 4.88 Å². The highest BCUT2D eigenvalue weighted by Crippen LogP contribution is 2.40. The lowest BCUT2D eigenvalue weighted by Gasteiger charge is -2.25. The zero-order chi connectivity index (χ0) is 10.3. The van der Waals surface area contributed by atoms with Crippen LogP contribution in [-0.2, 0) is 10.2 Å². The first-order chi connectivity index (χ1) is 6.52. The van der Waals surface area contributed by atoms with Crippen LogP contribution >= 0.6 is 22.9 Å². The van der Waals surface area contributed by atoms with Gasteiger partial charge in [-0.1, -0.05) is 18.5 Å². The fourth-order valence-electron chi connectivity index (χ4n) is 1.86. The molecule has 0 radical (unpaired) electrons. The number of thiophene rings is 1. The Balaban J connectivity index is 2.37. The van der Waals surface area contributed by atoms with E-state index in [9.17, 15) is 4.79 Å². The van der Waals surface area contributed by atoms with Crippen molar-refractivity contribution < 1.29 is 4.79 Å². The van der Waals surface area contributed by atoms with Crippen molar-refractivity contribution >= 4 is 28.8 Å². The topological polar surface area (TPSA) is 29.1 Å². The summed E-state index contributed by atoms with van der Waals surface area (Å²) < 4.78 is 0.785. The molecule has 1 aliphatic rings. The molecule has 2 unspecified atom stereocenters. The molecule has 0 aliphatic carbocycles. The summed E-state index contributed by atoms with van der Waals surface area (Å²) in [4.78, 5) is 12.5. The van der Waals surface area contributed by atoms with Crippen molar-refractivity contribution in [2.75, 3.05) is 0 Å². The molecule has 0 aromatic carbocycles. The van der Waals surface area contributed by atoms with Gasteiger partial charge in [-0.2, -0.15) is 0 Å². The lowest BCUT2D eigenvalue weighted by molar-refractivity contribution is -0.119. The van der Waals surface area contributed by atoms with E-state index in [1.807, 2.05) is 19.1 Å². The normalized spacial score (nSPS) is 31.9. The van der Waals surface area contributed by atoms with Gasteiger partial charge in [0.1, 0.15) is 0 Å². The second kappa shape index (κ2) is 3.24. The van der Waals surface area contributed by atoms with Crippen molar-refractivity contribution in [1.29, 1.82) is 0 Å². The van der Waals surface area contributed by atoms with Gasteiger partial charge in [-0.3, -0.25) is 4.79 Å². The second-order valence-electron chi connectivity index (χ2n) is 3.99. The number of carbonyl (C=O) groups excluding carboxylic acids is 1. The Bertz CT molecular complexity index is 376. The summed E-state index contributed by atoms with van der Waals surface area (Å²) >= 11 is 7.46. The van der Waals surface area contributed by atoms with Crippen LogP contribution in [0, 0.1) is 0 Å².